The van der Waals surface area contributed by atoms with Crippen LogP contribution in [0.25, 0.3) is 5.76 Å². The Morgan fingerprint density at radius 2 is 1.82 bits per heavy atom. The Kier molecular flexibility index (Phi) is 5.75. The minimum absolute atomic E-state index is 0.0454. The lowest BCUT2D eigenvalue weighted by molar-refractivity contribution is -0.139. The van der Waals surface area contributed by atoms with Crippen molar-refractivity contribution in [1.82, 2.24) is 14.5 Å². The fraction of sp³-hybridized carbons (Fsp3) is 0.240. The van der Waals surface area contributed by atoms with Gasteiger partial charge in [-0.05, 0) is 42.3 Å². The highest BCUT2D eigenvalue weighted by molar-refractivity contribution is 6.46. The molecule has 2 aliphatic rings. The molecule has 3 aromatic rings. The summed E-state index contributed by atoms with van der Waals surface area (Å²) in [6, 6.07) is 9.57. The molecule has 2 aromatic carbocycles. The number of hydrogen-bond acceptors (Lipinski definition) is 6. The Balaban J connectivity index is 1.53. The van der Waals surface area contributed by atoms with Gasteiger partial charge in [0.2, 0.25) is 0 Å². The summed E-state index contributed by atoms with van der Waals surface area (Å²) >= 11 is 0. The van der Waals surface area contributed by atoms with Gasteiger partial charge in [-0.3, -0.25) is 9.59 Å². The summed E-state index contributed by atoms with van der Waals surface area (Å²) in [5, 5.41) is 11.2. The van der Waals surface area contributed by atoms with Crippen molar-refractivity contribution in [3.05, 3.63) is 83.7 Å². The van der Waals surface area contributed by atoms with Crippen LogP contribution in [0.3, 0.4) is 0 Å². The molecule has 3 heterocycles. The second-order valence-corrected chi connectivity index (χ2v) is 8.06. The summed E-state index contributed by atoms with van der Waals surface area (Å²) in [5.41, 5.74) is 0.811. The molecule has 174 valence electrons. The first-order valence-corrected chi connectivity index (χ1v) is 10.9. The van der Waals surface area contributed by atoms with Crippen LogP contribution < -0.4 is 9.47 Å². The molecule has 8 nitrogen and oxygen atoms in total. The number of nitrogens with zero attached hydrogens (tertiary/aromatic N) is 3. The molecule has 0 saturated carbocycles. The fourth-order valence-corrected chi connectivity index (χ4v) is 4.29. The number of benzene rings is 2. The van der Waals surface area contributed by atoms with E-state index in [2.05, 4.69) is 4.98 Å². The molecule has 1 atom stereocenters. The van der Waals surface area contributed by atoms with E-state index in [1.54, 1.807) is 30.7 Å². The largest absolute Gasteiger partial charge is 0.507 e. The molecule has 1 unspecified atom stereocenters. The van der Waals surface area contributed by atoms with Crippen LogP contribution in [0.1, 0.15) is 23.6 Å². The van der Waals surface area contributed by atoms with Crippen molar-refractivity contribution >= 4 is 17.4 Å². The lowest BCUT2D eigenvalue weighted by Crippen LogP contribution is -2.31. The first-order valence-electron chi connectivity index (χ1n) is 10.9. The molecule has 0 bridgehead atoms. The molecule has 0 radical (unpaired) electrons. The lowest BCUT2D eigenvalue weighted by atomic mass is 9.95. The first-order chi connectivity index (χ1) is 16.5. The zero-order chi connectivity index (χ0) is 23.7. The molecule has 1 fully saturated rings. The summed E-state index contributed by atoms with van der Waals surface area (Å²) in [6.07, 6.45) is 5.71. The molecule has 0 aliphatic carbocycles. The molecule has 9 heteroatoms. The number of likely N-dealkylation sites (tertiary alicyclic amines) is 1. The van der Waals surface area contributed by atoms with Gasteiger partial charge < -0.3 is 24.0 Å². The van der Waals surface area contributed by atoms with Crippen molar-refractivity contribution in [1.29, 1.82) is 0 Å². The molecule has 1 amide bonds. The molecule has 1 saturated heterocycles. The molecular weight excluding hydrogens is 441 g/mol. The normalized spacial score (nSPS) is 19.0. The molecular formula is C25H22FN3O5. The summed E-state index contributed by atoms with van der Waals surface area (Å²) in [5.74, 6) is -1.26. The van der Waals surface area contributed by atoms with Crippen molar-refractivity contribution in [2.24, 2.45) is 0 Å². The third kappa shape index (κ3) is 4.00. The Morgan fingerprint density at radius 3 is 2.56 bits per heavy atom. The Hall–Kier alpha value is -4.14. The number of halogens is 1. The van der Waals surface area contributed by atoms with E-state index in [9.17, 15) is 19.1 Å². The summed E-state index contributed by atoms with van der Waals surface area (Å²) in [4.78, 5) is 31.6. The van der Waals surface area contributed by atoms with E-state index in [4.69, 9.17) is 9.47 Å². The number of ether oxygens (including phenoxy) is 2. The molecule has 1 aromatic heterocycles. The van der Waals surface area contributed by atoms with Crippen LogP contribution in [0.2, 0.25) is 0 Å². The van der Waals surface area contributed by atoms with Gasteiger partial charge >= 0.3 is 0 Å². The number of fused-ring (bicyclic) bond motifs is 1. The van der Waals surface area contributed by atoms with Crippen LogP contribution in [0.15, 0.2) is 66.8 Å². The van der Waals surface area contributed by atoms with Crippen LogP contribution in [0, 0.1) is 5.82 Å². The van der Waals surface area contributed by atoms with Crippen LogP contribution in [-0.2, 0) is 16.1 Å². The van der Waals surface area contributed by atoms with E-state index in [0.29, 0.717) is 48.8 Å². The number of aliphatic hydroxyl groups is 1. The molecule has 34 heavy (non-hydrogen) atoms. The van der Waals surface area contributed by atoms with Crippen LogP contribution >= 0.6 is 0 Å². The number of carbonyl (C=O) groups is 2. The van der Waals surface area contributed by atoms with Gasteiger partial charge in [0.1, 0.15) is 24.8 Å². The lowest BCUT2D eigenvalue weighted by Gasteiger charge is -2.25. The second kappa shape index (κ2) is 9.01. The number of amides is 1. The topological polar surface area (TPSA) is 93.9 Å². The summed E-state index contributed by atoms with van der Waals surface area (Å²) in [7, 11) is 0. The van der Waals surface area contributed by atoms with Gasteiger partial charge in [0, 0.05) is 31.0 Å². The van der Waals surface area contributed by atoms with Crippen LogP contribution in [0.5, 0.6) is 11.5 Å². The zero-order valence-electron chi connectivity index (χ0n) is 18.2. The van der Waals surface area contributed by atoms with E-state index in [1.165, 1.54) is 29.2 Å². The Bertz CT molecular complexity index is 1250. The predicted molar refractivity (Wildman–Crippen MR) is 120 cm³/mol. The summed E-state index contributed by atoms with van der Waals surface area (Å²) < 4.78 is 26.6. The van der Waals surface area contributed by atoms with E-state index >= 15 is 0 Å². The SMILES string of the molecule is O=C1C(=O)N(CCCn2ccnc2)C(c2ccc(F)cc2)/C1=C(\O)c1ccc2c(c1)OCCO2. The molecule has 1 N–H and O–H groups in total. The van der Waals surface area contributed by atoms with Gasteiger partial charge in [0.15, 0.2) is 11.5 Å². The molecule has 0 spiro atoms. The van der Waals surface area contributed by atoms with Gasteiger partial charge in [-0.15, -0.1) is 0 Å². The average molecular weight is 463 g/mol. The number of Topliss-reactive ketones (excluding diaryl/α,β-unsaturated/α-hetero) is 1. The average Bonchev–Trinajstić information content (AvgIpc) is 3.46. The minimum atomic E-state index is -0.850. The first kappa shape index (κ1) is 21.7. The summed E-state index contributed by atoms with van der Waals surface area (Å²) in [6.45, 7) is 1.66. The van der Waals surface area contributed by atoms with Crippen LogP contribution in [0.4, 0.5) is 4.39 Å². The standard InChI is InChI=1S/C25H22FN3O5/c26-18-5-2-16(3-6-18)22-21(23(30)17-4-7-19-20(14-17)34-13-12-33-19)24(31)25(32)29(22)10-1-9-28-11-8-27-15-28/h2-8,11,14-15,22,30H,1,9-10,12-13H2/b23-21+. The van der Waals surface area contributed by atoms with E-state index < -0.39 is 23.5 Å². The maximum atomic E-state index is 13.6. The highest BCUT2D eigenvalue weighted by atomic mass is 19.1. The Morgan fingerprint density at radius 1 is 1.06 bits per heavy atom. The number of aromatic nitrogens is 2. The van der Waals surface area contributed by atoms with Crippen LogP contribution in [-0.4, -0.2) is 51.0 Å². The van der Waals surface area contributed by atoms with E-state index in [1.807, 2.05) is 10.8 Å². The van der Waals surface area contributed by atoms with Gasteiger partial charge in [-0.25, -0.2) is 9.37 Å². The maximum Gasteiger partial charge on any atom is 0.295 e. The minimum Gasteiger partial charge on any atom is -0.507 e. The number of aryl methyl sites for hydroxylation is 1. The predicted octanol–water partition coefficient (Wildman–Crippen LogP) is 3.31. The van der Waals surface area contributed by atoms with Crippen molar-refractivity contribution in [2.45, 2.75) is 19.0 Å². The number of carbonyl (C=O) groups excluding carboxylic acids is 2. The number of aliphatic hydroxyl groups excluding tert-OH is 1. The fourth-order valence-electron chi connectivity index (χ4n) is 4.29. The van der Waals surface area contributed by atoms with Crippen molar-refractivity contribution in [3.63, 3.8) is 0 Å². The van der Waals surface area contributed by atoms with Gasteiger partial charge in [-0.1, -0.05) is 12.1 Å². The number of ketones is 1. The highest BCUT2D eigenvalue weighted by Gasteiger charge is 2.45. The number of hydrogen-bond donors (Lipinski definition) is 1. The molecule has 2 aliphatic heterocycles. The quantitative estimate of drug-likeness (QED) is 0.343. The third-order valence-electron chi connectivity index (χ3n) is 5.92. The zero-order valence-corrected chi connectivity index (χ0v) is 18.2. The monoisotopic (exact) mass is 463 g/mol. The smallest absolute Gasteiger partial charge is 0.295 e. The van der Waals surface area contributed by atoms with Gasteiger partial charge in [0.05, 0.1) is 17.9 Å². The van der Waals surface area contributed by atoms with E-state index in [-0.39, 0.29) is 17.9 Å². The third-order valence-corrected chi connectivity index (χ3v) is 5.92. The number of imidazole rings is 1. The Labute approximate surface area is 194 Å². The second-order valence-electron chi connectivity index (χ2n) is 8.06. The number of rotatable bonds is 6. The maximum absolute atomic E-state index is 13.6. The van der Waals surface area contributed by atoms with Crippen molar-refractivity contribution < 1.29 is 28.6 Å². The van der Waals surface area contributed by atoms with Crippen molar-refractivity contribution in [2.75, 3.05) is 19.8 Å². The highest BCUT2D eigenvalue weighted by Crippen LogP contribution is 2.41. The van der Waals surface area contributed by atoms with Crippen molar-refractivity contribution in [3.8, 4) is 11.5 Å². The van der Waals surface area contributed by atoms with Gasteiger partial charge in [0.25, 0.3) is 11.7 Å². The molecule has 5 rings (SSSR count). The van der Waals surface area contributed by atoms with Gasteiger partial charge in [-0.2, -0.15) is 0 Å². The van der Waals surface area contributed by atoms with E-state index in [0.717, 1.165) is 0 Å².